The molecule has 26 heavy (non-hydrogen) atoms. The van der Waals surface area contributed by atoms with Gasteiger partial charge in [-0.2, -0.15) is 0 Å². The summed E-state index contributed by atoms with van der Waals surface area (Å²) in [6, 6.07) is 9.99. The van der Waals surface area contributed by atoms with Crippen LogP contribution in [0.1, 0.15) is 55.6 Å². The number of carbonyl (C=O) groups excluding carboxylic acids is 1. The Morgan fingerprint density at radius 2 is 1.88 bits per heavy atom. The van der Waals surface area contributed by atoms with Crippen LogP contribution in [-0.4, -0.2) is 40.1 Å². The number of hydrogen-bond acceptors (Lipinski definition) is 3. The van der Waals surface area contributed by atoms with E-state index in [0.29, 0.717) is 12.0 Å². The summed E-state index contributed by atoms with van der Waals surface area (Å²) in [5, 5.41) is 0. The molecule has 0 N–H and O–H groups in total. The van der Waals surface area contributed by atoms with Gasteiger partial charge in [-0.05, 0) is 44.7 Å². The number of ether oxygens (including phenoxy) is 1. The Balaban J connectivity index is 1.33. The Morgan fingerprint density at radius 1 is 1.15 bits per heavy atom. The Morgan fingerprint density at radius 3 is 2.54 bits per heavy atom. The van der Waals surface area contributed by atoms with Gasteiger partial charge >= 0.3 is 0 Å². The molecule has 4 rings (SSSR count). The molecule has 2 fully saturated rings. The first kappa shape index (κ1) is 17.1. The molecule has 0 spiro atoms. The number of likely N-dealkylation sites (tertiary alicyclic amines) is 1. The van der Waals surface area contributed by atoms with Crippen LogP contribution < -0.4 is 4.74 Å². The predicted octanol–water partition coefficient (Wildman–Crippen LogP) is 3.70. The molecule has 2 heterocycles. The number of aryl methyl sites for hydroxylation is 1. The molecule has 1 aliphatic heterocycles. The Labute approximate surface area is 155 Å². The van der Waals surface area contributed by atoms with Crippen molar-refractivity contribution in [1.29, 1.82) is 0 Å². The van der Waals surface area contributed by atoms with Gasteiger partial charge in [0.05, 0.1) is 0 Å². The molecular formula is C21H27N3O2. The lowest BCUT2D eigenvalue weighted by Gasteiger charge is -2.35. The van der Waals surface area contributed by atoms with Crippen molar-refractivity contribution >= 4 is 5.91 Å². The maximum atomic E-state index is 12.4. The number of para-hydroxylation sites is 1. The van der Waals surface area contributed by atoms with Crippen LogP contribution in [0.25, 0.3) is 0 Å². The molecule has 1 amide bonds. The molecule has 0 atom stereocenters. The number of hydrogen-bond donors (Lipinski definition) is 0. The van der Waals surface area contributed by atoms with Gasteiger partial charge < -0.3 is 14.2 Å². The Kier molecular flexibility index (Phi) is 4.96. The van der Waals surface area contributed by atoms with E-state index in [-0.39, 0.29) is 12.5 Å². The first-order valence-electron chi connectivity index (χ1n) is 9.71. The molecule has 0 bridgehead atoms. The fraction of sp³-hybridized carbons (Fsp3) is 0.524. The zero-order chi connectivity index (χ0) is 17.9. The largest absolute Gasteiger partial charge is 0.484 e. The average Bonchev–Trinajstić information content (AvgIpc) is 3.00. The van der Waals surface area contributed by atoms with Crippen molar-refractivity contribution in [2.75, 3.05) is 19.7 Å². The highest BCUT2D eigenvalue weighted by atomic mass is 16.5. The van der Waals surface area contributed by atoms with Gasteiger partial charge in [-0.3, -0.25) is 4.79 Å². The summed E-state index contributed by atoms with van der Waals surface area (Å²) in [7, 11) is 0. The van der Waals surface area contributed by atoms with Crippen LogP contribution in [0, 0.1) is 6.92 Å². The number of rotatable bonds is 5. The minimum atomic E-state index is 0.0777. The minimum Gasteiger partial charge on any atom is -0.484 e. The Hall–Kier alpha value is -2.30. The lowest BCUT2D eigenvalue weighted by molar-refractivity contribution is -0.134. The first-order chi connectivity index (χ1) is 12.7. The van der Waals surface area contributed by atoms with E-state index in [9.17, 15) is 4.79 Å². The smallest absolute Gasteiger partial charge is 0.260 e. The van der Waals surface area contributed by atoms with Crippen LogP contribution in [0.2, 0.25) is 0 Å². The van der Waals surface area contributed by atoms with Gasteiger partial charge in [-0.25, -0.2) is 4.98 Å². The lowest BCUT2D eigenvalue weighted by Crippen LogP contribution is -2.41. The van der Waals surface area contributed by atoms with Crippen molar-refractivity contribution in [3.63, 3.8) is 0 Å². The predicted molar refractivity (Wildman–Crippen MR) is 100 cm³/mol. The molecule has 2 aliphatic rings. The van der Waals surface area contributed by atoms with Crippen molar-refractivity contribution in [2.45, 2.75) is 51.0 Å². The van der Waals surface area contributed by atoms with Crippen molar-refractivity contribution in [2.24, 2.45) is 0 Å². The van der Waals surface area contributed by atoms with Gasteiger partial charge in [0.15, 0.2) is 6.61 Å². The molecule has 2 aromatic rings. The second kappa shape index (κ2) is 7.52. The van der Waals surface area contributed by atoms with E-state index in [2.05, 4.69) is 11.5 Å². The highest BCUT2D eigenvalue weighted by molar-refractivity contribution is 5.77. The van der Waals surface area contributed by atoms with Crippen molar-refractivity contribution in [3.8, 4) is 5.75 Å². The molecule has 0 unspecified atom stereocenters. The van der Waals surface area contributed by atoms with Crippen molar-refractivity contribution < 1.29 is 9.53 Å². The molecule has 1 aromatic carbocycles. The van der Waals surface area contributed by atoms with Gasteiger partial charge in [0.2, 0.25) is 0 Å². The fourth-order valence-corrected chi connectivity index (χ4v) is 4.03. The third-order valence-corrected chi connectivity index (χ3v) is 5.77. The molecule has 1 saturated heterocycles. The molecular weight excluding hydrogens is 326 g/mol. The summed E-state index contributed by atoms with van der Waals surface area (Å²) in [6.45, 7) is 3.86. The van der Waals surface area contributed by atoms with E-state index < -0.39 is 0 Å². The number of amides is 1. The fourth-order valence-electron chi connectivity index (χ4n) is 4.03. The number of nitrogens with zero attached hydrogens (tertiary/aromatic N) is 3. The summed E-state index contributed by atoms with van der Waals surface area (Å²) < 4.78 is 8.06. The van der Waals surface area contributed by atoms with Crippen LogP contribution in [0.3, 0.4) is 0 Å². The van der Waals surface area contributed by atoms with Crippen LogP contribution in [0.4, 0.5) is 0 Å². The zero-order valence-corrected chi connectivity index (χ0v) is 15.4. The van der Waals surface area contributed by atoms with Gasteiger partial charge in [0.25, 0.3) is 5.91 Å². The third-order valence-electron chi connectivity index (χ3n) is 5.77. The van der Waals surface area contributed by atoms with Crippen LogP contribution >= 0.6 is 0 Å². The van der Waals surface area contributed by atoms with Crippen LogP contribution in [0.5, 0.6) is 5.75 Å². The van der Waals surface area contributed by atoms with Crippen LogP contribution in [0.15, 0.2) is 36.5 Å². The summed E-state index contributed by atoms with van der Waals surface area (Å²) in [5.74, 6) is 2.73. The number of aromatic nitrogens is 2. The minimum absolute atomic E-state index is 0.0777. The number of piperidine rings is 1. The maximum absolute atomic E-state index is 12.4. The normalized spacial score (nSPS) is 18.6. The van der Waals surface area contributed by atoms with E-state index in [4.69, 9.17) is 9.72 Å². The second-order valence-electron chi connectivity index (χ2n) is 7.47. The topological polar surface area (TPSA) is 47.4 Å². The average molecular weight is 353 g/mol. The number of imidazole rings is 1. The summed E-state index contributed by atoms with van der Waals surface area (Å²) in [6.07, 6.45) is 7.86. The van der Waals surface area contributed by atoms with E-state index in [1.54, 1.807) is 0 Å². The quantitative estimate of drug-likeness (QED) is 0.823. The maximum Gasteiger partial charge on any atom is 0.260 e. The number of benzene rings is 1. The first-order valence-corrected chi connectivity index (χ1v) is 9.71. The zero-order valence-electron chi connectivity index (χ0n) is 15.4. The van der Waals surface area contributed by atoms with Gasteiger partial charge in [-0.15, -0.1) is 0 Å². The molecule has 5 nitrogen and oxygen atoms in total. The van der Waals surface area contributed by atoms with Gasteiger partial charge in [0.1, 0.15) is 11.6 Å². The molecule has 1 aromatic heterocycles. The van der Waals surface area contributed by atoms with E-state index in [1.165, 1.54) is 30.8 Å². The monoisotopic (exact) mass is 353 g/mol. The van der Waals surface area contributed by atoms with Crippen molar-refractivity contribution in [1.82, 2.24) is 14.5 Å². The standard InChI is InChI=1S/C21H27N3O2/c1-16-14-22-21(17-6-5-7-17)24(16)18-10-12-23(13-11-18)20(25)15-26-19-8-3-2-4-9-19/h2-4,8-9,14,17-18H,5-7,10-13,15H2,1H3. The van der Waals surface area contributed by atoms with Gasteiger partial charge in [-0.1, -0.05) is 24.6 Å². The second-order valence-corrected chi connectivity index (χ2v) is 7.47. The SMILES string of the molecule is Cc1cnc(C2CCC2)n1C1CCN(C(=O)COc2ccccc2)CC1. The van der Waals surface area contributed by atoms with E-state index in [0.717, 1.165) is 31.7 Å². The van der Waals surface area contributed by atoms with E-state index >= 15 is 0 Å². The lowest BCUT2D eigenvalue weighted by atomic mass is 9.84. The highest BCUT2D eigenvalue weighted by Crippen LogP contribution is 2.38. The summed E-state index contributed by atoms with van der Waals surface area (Å²) in [4.78, 5) is 19.1. The van der Waals surface area contributed by atoms with Gasteiger partial charge in [0, 0.05) is 36.9 Å². The molecule has 0 radical (unpaired) electrons. The third kappa shape index (κ3) is 3.48. The number of carbonyl (C=O) groups is 1. The van der Waals surface area contributed by atoms with Crippen molar-refractivity contribution in [3.05, 3.63) is 48.0 Å². The molecule has 138 valence electrons. The van der Waals surface area contributed by atoms with E-state index in [1.807, 2.05) is 41.4 Å². The Bertz CT molecular complexity index is 744. The highest BCUT2D eigenvalue weighted by Gasteiger charge is 2.30. The summed E-state index contributed by atoms with van der Waals surface area (Å²) >= 11 is 0. The van der Waals surface area contributed by atoms with Crippen LogP contribution in [-0.2, 0) is 4.79 Å². The molecule has 5 heteroatoms. The molecule has 1 aliphatic carbocycles. The summed E-state index contributed by atoms with van der Waals surface area (Å²) in [5.41, 5.74) is 1.25. The molecule has 1 saturated carbocycles.